The lowest BCUT2D eigenvalue weighted by Crippen LogP contribution is -2.39. The molecule has 2 rings (SSSR count). The number of rotatable bonds is 6. The number of amides is 1. The normalized spacial score (nSPS) is 20.0. The molecular formula is C16H19F2NO3. The topological polar surface area (TPSA) is 57.6 Å². The SMILES string of the molecule is CC(C)CN(CC(=O)O)C(=O)C1CC1c1ccc(F)cc1F. The number of carboxylic acids is 1. The van der Waals surface area contributed by atoms with E-state index in [9.17, 15) is 18.4 Å². The van der Waals surface area contributed by atoms with Crippen molar-refractivity contribution in [2.24, 2.45) is 11.8 Å². The Kier molecular flexibility index (Phi) is 4.78. The first-order chi connectivity index (χ1) is 10.3. The van der Waals surface area contributed by atoms with Crippen molar-refractivity contribution in [3.63, 3.8) is 0 Å². The molecule has 2 unspecified atom stereocenters. The van der Waals surface area contributed by atoms with Crippen LogP contribution in [0.3, 0.4) is 0 Å². The van der Waals surface area contributed by atoms with Gasteiger partial charge in [0.2, 0.25) is 5.91 Å². The zero-order valence-electron chi connectivity index (χ0n) is 12.6. The third-order valence-corrected chi connectivity index (χ3v) is 3.69. The lowest BCUT2D eigenvalue weighted by atomic mass is 10.1. The zero-order chi connectivity index (χ0) is 16.4. The smallest absolute Gasteiger partial charge is 0.323 e. The minimum absolute atomic E-state index is 0.142. The fourth-order valence-corrected chi connectivity index (χ4v) is 2.68. The summed E-state index contributed by atoms with van der Waals surface area (Å²) in [7, 11) is 0. The Morgan fingerprint density at radius 2 is 2.05 bits per heavy atom. The first kappa shape index (κ1) is 16.4. The number of carbonyl (C=O) groups is 2. The Morgan fingerprint density at radius 3 is 2.59 bits per heavy atom. The van der Waals surface area contributed by atoms with Crippen LogP contribution in [0.15, 0.2) is 18.2 Å². The van der Waals surface area contributed by atoms with Crippen LogP contribution in [0, 0.1) is 23.5 Å². The van der Waals surface area contributed by atoms with Crippen LogP contribution in [0.25, 0.3) is 0 Å². The van der Waals surface area contributed by atoms with Crippen LogP contribution < -0.4 is 0 Å². The number of halogens is 2. The van der Waals surface area contributed by atoms with Crippen molar-refractivity contribution in [1.29, 1.82) is 0 Å². The molecule has 4 nitrogen and oxygen atoms in total. The number of aliphatic carboxylic acids is 1. The molecule has 6 heteroatoms. The molecule has 0 bridgehead atoms. The molecule has 1 aliphatic carbocycles. The monoisotopic (exact) mass is 311 g/mol. The second-order valence-corrected chi connectivity index (χ2v) is 6.12. The van der Waals surface area contributed by atoms with Gasteiger partial charge in [-0.05, 0) is 29.9 Å². The van der Waals surface area contributed by atoms with E-state index in [-0.39, 0.29) is 24.3 Å². The molecule has 0 spiro atoms. The molecule has 1 aromatic rings. The van der Waals surface area contributed by atoms with E-state index in [2.05, 4.69) is 0 Å². The molecule has 0 heterocycles. The molecule has 1 aliphatic rings. The first-order valence-electron chi connectivity index (χ1n) is 7.25. The number of carboxylic acid groups (broad SMARTS) is 1. The first-order valence-corrected chi connectivity index (χ1v) is 7.25. The van der Waals surface area contributed by atoms with Gasteiger partial charge >= 0.3 is 5.97 Å². The Bertz CT molecular complexity index is 589. The van der Waals surface area contributed by atoms with E-state index in [1.54, 1.807) is 0 Å². The summed E-state index contributed by atoms with van der Waals surface area (Å²) in [5.41, 5.74) is 0.319. The Morgan fingerprint density at radius 1 is 1.36 bits per heavy atom. The summed E-state index contributed by atoms with van der Waals surface area (Å²) in [6.07, 6.45) is 0.468. The third-order valence-electron chi connectivity index (χ3n) is 3.69. The molecule has 1 fully saturated rings. The van der Waals surface area contributed by atoms with Gasteiger partial charge in [-0.1, -0.05) is 19.9 Å². The number of benzene rings is 1. The van der Waals surface area contributed by atoms with Gasteiger partial charge in [-0.25, -0.2) is 8.78 Å². The van der Waals surface area contributed by atoms with Gasteiger partial charge in [0, 0.05) is 18.5 Å². The minimum atomic E-state index is -1.07. The summed E-state index contributed by atoms with van der Waals surface area (Å²) in [5.74, 6) is -3.23. The van der Waals surface area contributed by atoms with E-state index in [4.69, 9.17) is 5.11 Å². The molecule has 120 valence electrons. The van der Waals surface area contributed by atoms with Gasteiger partial charge in [-0.3, -0.25) is 9.59 Å². The van der Waals surface area contributed by atoms with Crippen LogP contribution in [0.5, 0.6) is 0 Å². The van der Waals surface area contributed by atoms with E-state index < -0.39 is 23.5 Å². The van der Waals surface area contributed by atoms with Crippen LogP contribution >= 0.6 is 0 Å². The molecule has 1 amide bonds. The summed E-state index contributed by atoms with van der Waals surface area (Å²) in [6.45, 7) is 3.78. The summed E-state index contributed by atoms with van der Waals surface area (Å²) >= 11 is 0. The zero-order valence-corrected chi connectivity index (χ0v) is 12.6. The average molecular weight is 311 g/mol. The van der Waals surface area contributed by atoms with Crippen LogP contribution in [0.2, 0.25) is 0 Å². The molecule has 0 aromatic heterocycles. The quantitative estimate of drug-likeness (QED) is 0.878. The molecule has 1 aromatic carbocycles. The van der Waals surface area contributed by atoms with Crippen molar-refractivity contribution in [3.8, 4) is 0 Å². The standard InChI is InChI=1S/C16H19F2NO3/c1-9(2)7-19(8-15(20)21)16(22)13-6-12(13)11-4-3-10(17)5-14(11)18/h3-5,9,12-13H,6-8H2,1-2H3,(H,20,21). The van der Waals surface area contributed by atoms with Gasteiger partial charge in [-0.2, -0.15) is 0 Å². The summed E-state index contributed by atoms with van der Waals surface area (Å²) in [5, 5.41) is 8.91. The van der Waals surface area contributed by atoms with E-state index >= 15 is 0 Å². The lowest BCUT2D eigenvalue weighted by molar-refractivity contribution is -0.145. The molecule has 2 atom stereocenters. The maximum Gasteiger partial charge on any atom is 0.323 e. The number of hydrogen-bond donors (Lipinski definition) is 1. The highest BCUT2D eigenvalue weighted by Crippen LogP contribution is 2.49. The molecule has 22 heavy (non-hydrogen) atoms. The van der Waals surface area contributed by atoms with Crippen molar-refractivity contribution in [2.75, 3.05) is 13.1 Å². The van der Waals surface area contributed by atoms with E-state index in [0.29, 0.717) is 18.5 Å². The molecule has 0 radical (unpaired) electrons. The van der Waals surface area contributed by atoms with Crippen molar-refractivity contribution in [1.82, 2.24) is 4.90 Å². The van der Waals surface area contributed by atoms with Crippen LogP contribution in [0.1, 0.15) is 31.7 Å². The van der Waals surface area contributed by atoms with Gasteiger partial charge < -0.3 is 10.0 Å². The predicted molar refractivity (Wildman–Crippen MR) is 76.3 cm³/mol. The molecule has 1 N–H and O–H groups in total. The number of carbonyl (C=O) groups excluding carboxylic acids is 1. The highest BCUT2D eigenvalue weighted by molar-refractivity contribution is 5.86. The van der Waals surface area contributed by atoms with E-state index in [0.717, 1.165) is 6.07 Å². The Hall–Kier alpha value is -1.98. The van der Waals surface area contributed by atoms with Crippen molar-refractivity contribution >= 4 is 11.9 Å². The molecule has 0 saturated heterocycles. The number of nitrogens with zero attached hydrogens (tertiary/aromatic N) is 1. The molecule has 1 saturated carbocycles. The van der Waals surface area contributed by atoms with Gasteiger partial charge in [0.25, 0.3) is 0 Å². The average Bonchev–Trinajstić information content (AvgIpc) is 3.16. The maximum absolute atomic E-state index is 13.7. The third kappa shape index (κ3) is 3.81. The van der Waals surface area contributed by atoms with Gasteiger partial charge in [0.15, 0.2) is 0 Å². The second-order valence-electron chi connectivity index (χ2n) is 6.12. The summed E-state index contributed by atoms with van der Waals surface area (Å²) in [4.78, 5) is 24.6. The summed E-state index contributed by atoms with van der Waals surface area (Å²) in [6, 6.07) is 3.33. The van der Waals surface area contributed by atoms with E-state index in [1.807, 2.05) is 13.8 Å². The fourth-order valence-electron chi connectivity index (χ4n) is 2.68. The van der Waals surface area contributed by atoms with Crippen LogP contribution in [-0.2, 0) is 9.59 Å². The minimum Gasteiger partial charge on any atom is -0.480 e. The van der Waals surface area contributed by atoms with Crippen molar-refractivity contribution < 1.29 is 23.5 Å². The van der Waals surface area contributed by atoms with Gasteiger partial charge in [-0.15, -0.1) is 0 Å². The highest BCUT2D eigenvalue weighted by Gasteiger charge is 2.47. The maximum atomic E-state index is 13.7. The lowest BCUT2D eigenvalue weighted by Gasteiger charge is -2.23. The van der Waals surface area contributed by atoms with Gasteiger partial charge in [0.1, 0.15) is 18.2 Å². The predicted octanol–water partition coefficient (Wildman–Crippen LogP) is 2.64. The highest BCUT2D eigenvalue weighted by atomic mass is 19.1. The molecule has 0 aliphatic heterocycles. The summed E-state index contributed by atoms with van der Waals surface area (Å²) < 4.78 is 26.7. The van der Waals surface area contributed by atoms with Crippen LogP contribution in [-0.4, -0.2) is 35.0 Å². The van der Waals surface area contributed by atoms with E-state index in [1.165, 1.54) is 17.0 Å². The number of hydrogen-bond acceptors (Lipinski definition) is 2. The fraction of sp³-hybridized carbons (Fsp3) is 0.500. The second kappa shape index (κ2) is 6.42. The van der Waals surface area contributed by atoms with Crippen molar-refractivity contribution in [2.45, 2.75) is 26.2 Å². The largest absolute Gasteiger partial charge is 0.480 e. The Balaban J connectivity index is 2.08. The molecular weight excluding hydrogens is 292 g/mol. The van der Waals surface area contributed by atoms with Crippen LogP contribution in [0.4, 0.5) is 8.78 Å². The Labute approximate surface area is 127 Å². The van der Waals surface area contributed by atoms with Gasteiger partial charge in [0.05, 0.1) is 0 Å². The van der Waals surface area contributed by atoms with Crippen molar-refractivity contribution in [3.05, 3.63) is 35.4 Å².